The molecular formula is C24H32ClN5O2. The van der Waals surface area contributed by atoms with E-state index in [2.05, 4.69) is 44.4 Å². The van der Waals surface area contributed by atoms with Crippen LogP contribution in [0.25, 0.3) is 6.08 Å². The van der Waals surface area contributed by atoms with E-state index in [0.717, 1.165) is 86.7 Å². The van der Waals surface area contributed by atoms with E-state index in [0.29, 0.717) is 5.92 Å². The number of benzene rings is 1. The quantitative estimate of drug-likeness (QED) is 0.637. The molecule has 3 atom stereocenters. The van der Waals surface area contributed by atoms with Gasteiger partial charge >= 0.3 is 0 Å². The highest BCUT2D eigenvalue weighted by atomic mass is 35.5. The molecule has 2 unspecified atom stereocenters. The van der Waals surface area contributed by atoms with Crippen LogP contribution in [0.15, 0.2) is 29.3 Å². The number of halogens is 1. The molecule has 0 saturated carbocycles. The first-order valence-electron chi connectivity index (χ1n) is 11.6. The largest absolute Gasteiger partial charge is 0.393 e. The predicted molar refractivity (Wildman–Crippen MR) is 128 cm³/mol. The number of anilines is 2. The van der Waals surface area contributed by atoms with Gasteiger partial charge in [-0.25, -0.2) is 4.98 Å². The maximum Gasteiger partial charge on any atom is 0.131 e. The van der Waals surface area contributed by atoms with Gasteiger partial charge in [0.2, 0.25) is 0 Å². The molecule has 172 valence electrons. The van der Waals surface area contributed by atoms with Crippen LogP contribution in [-0.4, -0.2) is 65.5 Å². The van der Waals surface area contributed by atoms with E-state index >= 15 is 0 Å². The Labute approximate surface area is 194 Å². The van der Waals surface area contributed by atoms with E-state index in [1.165, 1.54) is 5.69 Å². The number of hydrogen-bond acceptors (Lipinski definition) is 6. The molecule has 3 N–H and O–H groups in total. The molecule has 3 aliphatic rings. The molecule has 0 aliphatic carbocycles. The summed E-state index contributed by atoms with van der Waals surface area (Å²) in [5, 5.41) is 14.2. The van der Waals surface area contributed by atoms with Gasteiger partial charge in [0.1, 0.15) is 17.3 Å². The van der Waals surface area contributed by atoms with Crippen molar-refractivity contribution in [1.29, 1.82) is 0 Å². The van der Waals surface area contributed by atoms with Crippen molar-refractivity contribution >= 4 is 29.2 Å². The average molecular weight is 458 g/mol. The number of likely N-dealkylation sites (tertiary alicyclic amines) is 1. The topological polar surface area (TPSA) is 76.6 Å². The fourth-order valence-electron chi connectivity index (χ4n) is 4.94. The molecule has 3 aliphatic heterocycles. The molecule has 1 aromatic heterocycles. The van der Waals surface area contributed by atoms with Crippen LogP contribution in [0.2, 0.25) is 0 Å². The Kier molecular flexibility index (Phi) is 6.42. The first kappa shape index (κ1) is 21.8. The second-order valence-electron chi connectivity index (χ2n) is 9.12. The Balaban J connectivity index is 1.26. The summed E-state index contributed by atoms with van der Waals surface area (Å²) in [7, 11) is 0. The monoisotopic (exact) mass is 457 g/mol. The molecule has 0 amide bonds. The summed E-state index contributed by atoms with van der Waals surface area (Å²) >= 11 is 6.67. The third-order valence-corrected chi connectivity index (χ3v) is 7.15. The molecular weight excluding hydrogens is 426 g/mol. The van der Waals surface area contributed by atoms with Gasteiger partial charge in [0.25, 0.3) is 0 Å². The average Bonchev–Trinajstić information content (AvgIpc) is 3.20. The lowest BCUT2D eigenvalue weighted by molar-refractivity contribution is 0.0590. The molecule has 2 aromatic rings. The number of piperidine rings is 1. The van der Waals surface area contributed by atoms with Crippen molar-refractivity contribution in [2.24, 2.45) is 5.92 Å². The lowest BCUT2D eigenvalue weighted by Crippen LogP contribution is -2.39. The van der Waals surface area contributed by atoms with Crippen molar-refractivity contribution in [3.05, 3.63) is 46.4 Å². The zero-order valence-corrected chi connectivity index (χ0v) is 19.3. The number of aliphatic hydroxyl groups is 1. The van der Waals surface area contributed by atoms with E-state index in [9.17, 15) is 5.11 Å². The summed E-state index contributed by atoms with van der Waals surface area (Å²) in [5.41, 5.74) is 3.20. The SMILES string of the molecule is C[C@H](O)C1CCCN(Cc2nc3c([nH]2)NC(c2ccc(N4CCOCC4)cc2)C(Cl)=C3)C1. The molecule has 0 radical (unpaired) electrons. The van der Waals surface area contributed by atoms with Crippen molar-refractivity contribution < 1.29 is 9.84 Å². The number of H-pyrrole nitrogens is 1. The van der Waals surface area contributed by atoms with Gasteiger partial charge in [-0.3, -0.25) is 4.90 Å². The summed E-state index contributed by atoms with van der Waals surface area (Å²) in [6.45, 7) is 8.01. The number of morpholine rings is 1. The van der Waals surface area contributed by atoms with Gasteiger partial charge in [0.15, 0.2) is 0 Å². The molecule has 2 saturated heterocycles. The van der Waals surface area contributed by atoms with Gasteiger partial charge in [0, 0.05) is 30.4 Å². The number of nitrogens with one attached hydrogen (secondary N) is 2. The van der Waals surface area contributed by atoms with Crippen LogP contribution < -0.4 is 10.2 Å². The van der Waals surface area contributed by atoms with Crippen molar-refractivity contribution in [1.82, 2.24) is 14.9 Å². The third-order valence-electron chi connectivity index (χ3n) is 6.82. The van der Waals surface area contributed by atoms with Gasteiger partial charge in [-0.15, -0.1) is 0 Å². The normalized spacial score (nSPS) is 25.1. The highest BCUT2D eigenvalue weighted by Crippen LogP contribution is 2.37. The van der Waals surface area contributed by atoms with Gasteiger partial charge in [-0.05, 0) is 56.0 Å². The molecule has 5 rings (SSSR count). The number of aromatic amines is 1. The first-order chi connectivity index (χ1) is 15.6. The number of rotatable bonds is 5. The highest BCUT2D eigenvalue weighted by Gasteiger charge is 2.27. The van der Waals surface area contributed by atoms with Gasteiger partial charge in [-0.2, -0.15) is 0 Å². The van der Waals surface area contributed by atoms with Crippen molar-refractivity contribution in [3.8, 4) is 0 Å². The zero-order valence-electron chi connectivity index (χ0n) is 18.6. The van der Waals surface area contributed by atoms with Gasteiger partial charge < -0.3 is 25.0 Å². The Bertz CT molecular complexity index is 952. The third kappa shape index (κ3) is 4.66. The van der Waals surface area contributed by atoms with Crippen molar-refractivity contribution in [3.63, 3.8) is 0 Å². The van der Waals surface area contributed by atoms with Gasteiger partial charge in [0.05, 0.1) is 31.9 Å². The summed E-state index contributed by atoms with van der Waals surface area (Å²) in [6, 6.07) is 8.52. The summed E-state index contributed by atoms with van der Waals surface area (Å²) in [4.78, 5) is 12.9. The zero-order chi connectivity index (χ0) is 22.1. The van der Waals surface area contributed by atoms with E-state index < -0.39 is 0 Å². The first-order valence-corrected chi connectivity index (χ1v) is 12.0. The fourth-order valence-corrected chi connectivity index (χ4v) is 5.22. The minimum atomic E-state index is -0.263. The van der Waals surface area contributed by atoms with Crippen LogP contribution in [0.5, 0.6) is 0 Å². The Morgan fingerprint density at radius 2 is 2.00 bits per heavy atom. The van der Waals surface area contributed by atoms with Gasteiger partial charge in [-0.1, -0.05) is 23.7 Å². The number of fused-ring (bicyclic) bond motifs is 1. The Morgan fingerprint density at radius 1 is 1.22 bits per heavy atom. The number of imidazole rings is 1. The molecule has 0 spiro atoms. The molecule has 4 heterocycles. The Hall–Kier alpha value is -2.06. The molecule has 8 heteroatoms. The van der Waals surface area contributed by atoms with Crippen LogP contribution in [0, 0.1) is 5.92 Å². The standard InChI is InChI=1S/C24H32ClN5O2/c1-16(31)18-3-2-8-29(14-18)15-22-26-21-13-20(25)23(28-24(21)27-22)17-4-6-19(7-5-17)30-9-11-32-12-10-30/h4-7,13,16,18,23,28,31H,2-3,8-12,14-15H2,1H3,(H,26,27)/t16-,18?,23?/m0/s1. The Morgan fingerprint density at radius 3 is 2.75 bits per heavy atom. The maximum atomic E-state index is 9.96. The number of ether oxygens (including phenoxy) is 1. The second-order valence-corrected chi connectivity index (χ2v) is 9.56. The number of hydrogen-bond donors (Lipinski definition) is 3. The summed E-state index contributed by atoms with van der Waals surface area (Å²) < 4.78 is 5.45. The van der Waals surface area contributed by atoms with Crippen molar-refractivity contribution in [2.45, 2.75) is 38.5 Å². The van der Waals surface area contributed by atoms with E-state index in [-0.39, 0.29) is 12.1 Å². The molecule has 7 nitrogen and oxygen atoms in total. The minimum Gasteiger partial charge on any atom is -0.393 e. The maximum absolute atomic E-state index is 9.96. The van der Waals surface area contributed by atoms with Crippen LogP contribution in [-0.2, 0) is 11.3 Å². The van der Waals surface area contributed by atoms with E-state index in [1.807, 2.05) is 13.0 Å². The molecule has 0 bridgehead atoms. The van der Waals surface area contributed by atoms with Crippen LogP contribution in [0.3, 0.4) is 0 Å². The lowest BCUT2D eigenvalue weighted by Gasteiger charge is -2.33. The fraction of sp³-hybridized carbons (Fsp3) is 0.542. The minimum absolute atomic E-state index is 0.0918. The van der Waals surface area contributed by atoms with Crippen molar-refractivity contribution in [2.75, 3.05) is 49.6 Å². The molecule has 32 heavy (non-hydrogen) atoms. The summed E-state index contributed by atoms with van der Waals surface area (Å²) in [5.74, 6) is 2.18. The molecule has 2 fully saturated rings. The summed E-state index contributed by atoms with van der Waals surface area (Å²) in [6.07, 6.45) is 3.90. The number of aliphatic hydroxyl groups excluding tert-OH is 1. The predicted octanol–water partition coefficient (Wildman–Crippen LogP) is 3.59. The van der Waals surface area contributed by atoms with Crippen LogP contribution in [0.1, 0.15) is 42.9 Å². The van der Waals surface area contributed by atoms with E-state index in [1.54, 1.807) is 0 Å². The molecule has 1 aromatic carbocycles. The number of aromatic nitrogens is 2. The smallest absolute Gasteiger partial charge is 0.131 e. The van der Waals surface area contributed by atoms with E-state index in [4.69, 9.17) is 21.3 Å². The number of nitrogens with zero attached hydrogens (tertiary/aromatic N) is 3. The second kappa shape index (κ2) is 9.43. The highest BCUT2D eigenvalue weighted by molar-refractivity contribution is 6.32. The van der Waals surface area contributed by atoms with Crippen LogP contribution >= 0.6 is 11.6 Å². The lowest BCUT2D eigenvalue weighted by atomic mass is 9.93. The van der Waals surface area contributed by atoms with Crippen LogP contribution in [0.4, 0.5) is 11.5 Å².